The van der Waals surface area contributed by atoms with Crippen LogP contribution in [0.1, 0.15) is 21.6 Å². The number of aromatic carboxylic acids is 1. The van der Waals surface area contributed by atoms with E-state index in [9.17, 15) is 9.90 Å². The molecule has 6 heteroatoms. The van der Waals surface area contributed by atoms with Crippen LogP contribution in [0.2, 0.25) is 0 Å². The highest BCUT2D eigenvalue weighted by atomic mass is 16.5. The number of ether oxygens (including phenoxy) is 3. The van der Waals surface area contributed by atoms with Gasteiger partial charge in [0.25, 0.3) is 0 Å². The number of methoxy groups -OCH3 is 3. The van der Waals surface area contributed by atoms with Crippen LogP contribution in [0.4, 0.5) is 0 Å². The Kier molecular flexibility index (Phi) is 5.26. The maximum atomic E-state index is 11.7. The molecule has 3 rings (SSSR count). The fourth-order valence-corrected chi connectivity index (χ4v) is 3.41. The van der Waals surface area contributed by atoms with Crippen LogP contribution in [-0.2, 0) is 13.0 Å². The summed E-state index contributed by atoms with van der Waals surface area (Å²) in [5, 5.41) is 12.3. The molecule has 142 valence electrons. The number of carboxylic acids is 1. The molecule has 6 nitrogen and oxygen atoms in total. The molecule has 0 radical (unpaired) electrons. The van der Waals surface area contributed by atoms with E-state index >= 15 is 0 Å². The lowest BCUT2D eigenvalue weighted by molar-refractivity contribution is -0.254. The zero-order valence-corrected chi connectivity index (χ0v) is 15.9. The summed E-state index contributed by atoms with van der Waals surface area (Å²) in [6, 6.07) is 11.2. The van der Waals surface area contributed by atoms with Crippen molar-refractivity contribution in [3.63, 3.8) is 0 Å². The third-order valence-electron chi connectivity index (χ3n) is 4.81. The van der Waals surface area contributed by atoms with Crippen molar-refractivity contribution in [1.82, 2.24) is 4.57 Å². The molecule has 0 unspecified atom stereocenters. The number of hydrogen-bond donors (Lipinski definition) is 0. The van der Waals surface area contributed by atoms with Crippen LogP contribution in [-0.4, -0.2) is 31.9 Å². The fraction of sp³-hybridized carbons (Fsp3) is 0.286. The first-order chi connectivity index (χ1) is 13.0. The molecular formula is C21H22NO5-. The smallest absolute Gasteiger partial charge is 0.160 e. The molecule has 1 aromatic heterocycles. The normalized spacial score (nSPS) is 10.8. The van der Waals surface area contributed by atoms with Crippen molar-refractivity contribution < 1.29 is 24.1 Å². The second-order valence-electron chi connectivity index (χ2n) is 6.22. The van der Waals surface area contributed by atoms with Gasteiger partial charge in [-0.05, 0) is 49.2 Å². The topological polar surface area (TPSA) is 72.8 Å². The highest BCUT2D eigenvalue weighted by molar-refractivity contribution is 6.04. The minimum absolute atomic E-state index is 0.205. The van der Waals surface area contributed by atoms with Gasteiger partial charge in [0.1, 0.15) is 5.75 Å². The molecule has 0 aliphatic rings. The average Bonchev–Trinajstić information content (AvgIpc) is 2.96. The van der Waals surface area contributed by atoms with E-state index in [1.165, 1.54) is 0 Å². The molecule has 1 heterocycles. The zero-order valence-electron chi connectivity index (χ0n) is 15.9. The highest BCUT2D eigenvalue weighted by Gasteiger charge is 2.16. The number of nitrogens with zero attached hydrogens (tertiary/aromatic N) is 1. The standard InChI is InChI=1S/C21H23NO5/c1-13-20(21(23)24)16-12-15(25-2)6-7-17(16)22(13)10-9-14-5-8-18(26-3)19(11-14)27-4/h5-8,11-12H,9-10H2,1-4H3,(H,23,24)/p-1. The molecule has 0 aliphatic heterocycles. The summed E-state index contributed by atoms with van der Waals surface area (Å²) in [5.74, 6) is 0.775. The molecular weight excluding hydrogens is 346 g/mol. The van der Waals surface area contributed by atoms with Gasteiger partial charge in [0.2, 0.25) is 0 Å². The van der Waals surface area contributed by atoms with E-state index in [-0.39, 0.29) is 5.56 Å². The van der Waals surface area contributed by atoms with Crippen LogP contribution >= 0.6 is 0 Å². The third kappa shape index (κ3) is 3.43. The Labute approximate surface area is 157 Å². The number of fused-ring (bicyclic) bond motifs is 1. The molecule has 27 heavy (non-hydrogen) atoms. The maximum Gasteiger partial charge on any atom is 0.160 e. The Hall–Kier alpha value is -3.15. The molecule has 0 saturated heterocycles. The van der Waals surface area contributed by atoms with Crippen LogP contribution in [0.3, 0.4) is 0 Å². The monoisotopic (exact) mass is 368 g/mol. The lowest BCUT2D eigenvalue weighted by Gasteiger charge is -2.12. The van der Waals surface area contributed by atoms with E-state index in [1.54, 1.807) is 34.3 Å². The summed E-state index contributed by atoms with van der Waals surface area (Å²) in [4.78, 5) is 11.7. The van der Waals surface area contributed by atoms with Crippen molar-refractivity contribution in [3.05, 3.63) is 53.2 Å². The third-order valence-corrected chi connectivity index (χ3v) is 4.81. The minimum Gasteiger partial charge on any atom is -0.545 e. The Morgan fingerprint density at radius 2 is 1.74 bits per heavy atom. The van der Waals surface area contributed by atoms with Crippen LogP contribution in [0, 0.1) is 6.92 Å². The van der Waals surface area contributed by atoms with Gasteiger partial charge < -0.3 is 28.7 Å². The fourth-order valence-electron chi connectivity index (χ4n) is 3.41. The summed E-state index contributed by atoms with van der Waals surface area (Å²) in [6.45, 7) is 2.42. The van der Waals surface area contributed by atoms with Gasteiger partial charge in [0.15, 0.2) is 11.5 Å². The van der Waals surface area contributed by atoms with E-state index in [0.717, 1.165) is 11.1 Å². The van der Waals surface area contributed by atoms with Crippen molar-refractivity contribution >= 4 is 16.9 Å². The lowest BCUT2D eigenvalue weighted by Crippen LogP contribution is -2.23. The van der Waals surface area contributed by atoms with Gasteiger partial charge in [-0.1, -0.05) is 6.07 Å². The van der Waals surface area contributed by atoms with Gasteiger partial charge in [-0.25, -0.2) is 0 Å². The second-order valence-corrected chi connectivity index (χ2v) is 6.22. The van der Waals surface area contributed by atoms with Gasteiger partial charge in [0, 0.05) is 28.7 Å². The zero-order chi connectivity index (χ0) is 19.6. The van der Waals surface area contributed by atoms with E-state index in [4.69, 9.17) is 14.2 Å². The molecule has 0 atom stereocenters. The minimum atomic E-state index is -1.18. The van der Waals surface area contributed by atoms with E-state index in [1.807, 2.05) is 34.9 Å². The van der Waals surface area contributed by atoms with Crippen LogP contribution < -0.4 is 19.3 Å². The molecule has 0 aliphatic carbocycles. The van der Waals surface area contributed by atoms with Gasteiger partial charge in [-0.2, -0.15) is 0 Å². The predicted octanol–water partition coefficient (Wildman–Crippen LogP) is 2.58. The van der Waals surface area contributed by atoms with Crippen molar-refractivity contribution in [2.75, 3.05) is 21.3 Å². The summed E-state index contributed by atoms with van der Waals surface area (Å²) in [6.07, 6.45) is 0.712. The molecule has 2 aromatic carbocycles. The summed E-state index contributed by atoms with van der Waals surface area (Å²) < 4.78 is 17.9. The number of benzene rings is 2. The van der Waals surface area contributed by atoms with Crippen molar-refractivity contribution in [2.45, 2.75) is 19.9 Å². The molecule has 0 fully saturated rings. The molecule has 0 saturated carbocycles. The maximum absolute atomic E-state index is 11.7. The first-order valence-corrected chi connectivity index (χ1v) is 8.59. The van der Waals surface area contributed by atoms with Crippen molar-refractivity contribution in [2.24, 2.45) is 0 Å². The van der Waals surface area contributed by atoms with Gasteiger partial charge >= 0.3 is 0 Å². The highest BCUT2D eigenvalue weighted by Crippen LogP contribution is 2.31. The van der Waals surface area contributed by atoms with E-state index < -0.39 is 5.97 Å². The number of hydrogen-bond acceptors (Lipinski definition) is 5. The van der Waals surface area contributed by atoms with Gasteiger partial charge in [0.05, 0.1) is 27.3 Å². The van der Waals surface area contributed by atoms with Gasteiger partial charge in [-0.3, -0.25) is 0 Å². The molecule has 3 aromatic rings. The number of carbonyl (C=O) groups is 1. The lowest BCUT2D eigenvalue weighted by atomic mass is 10.1. The number of carbonyl (C=O) groups excluding carboxylic acids is 1. The summed E-state index contributed by atoms with van der Waals surface area (Å²) in [7, 11) is 4.76. The van der Waals surface area contributed by atoms with Crippen molar-refractivity contribution in [1.29, 1.82) is 0 Å². The number of aryl methyl sites for hydroxylation is 2. The Bertz CT molecular complexity index is 990. The molecule has 0 bridgehead atoms. The molecule has 0 N–H and O–H groups in total. The number of rotatable bonds is 7. The number of aromatic nitrogens is 1. The Balaban J connectivity index is 1.98. The number of carboxylic acid groups (broad SMARTS) is 1. The van der Waals surface area contributed by atoms with E-state index in [0.29, 0.717) is 41.3 Å². The van der Waals surface area contributed by atoms with Crippen LogP contribution in [0.15, 0.2) is 36.4 Å². The van der Waals surface area contributed by atoms with Crippen LogP contribution in [0.5, 0.6) is 17.2 Å². The van der Waals surface area contributed by atoms with Crippen LogP contribution in [0.25, 0.3) is 10.9 Å². The summed E-state index contributed by atoms with van der Waals surface area (Å²) >= 11 is 0. The predicted molar refractivity (Wildman–Crippen MR) is 101 cm³/mol. The molecule has 0 amide bonds. The first-order valence-electron chi connectivity index (χ1n) is 8.59. The average molecular weight is 368 g/mol. The van der Waals surface area contributed by atoms with Gasteiger partial charge in [-0.15, -0.1) is 0 Å². The van der Waals surface area contributed by atoms with Crippen molar-refractivity contribution in [3.8, 4) is 17.2 Å². The SMILES string of the molecule is COc1ccc2c(c1)c(C(=O)[O-])c(C)n2CCc1ccc(OC)c(OC)c1. The molecule has 0 spiro atoms. The second kappa shape index (κ2) is 7.61. The summed E-state index contributed by atoms with van der Waals surface area (Å²) in [5.41, 5.74) is 2.78. The first kappa shape index (κ1) is 18.6. The Morgan fingerprint density at radius 1 is 1.00 bits per heavy atom. The Morgan fingerprint density at radius 3 is 2.37 bits per heavy atom. The largest absolute Gasteiger partial charge is 0.545 e. The quantitative estimate of drug-likeness (QED) is 0.641. The van der Waals surface area contributed by atoms with E-state index in [2.05, 4.69) is 0 Å².